The van der Waals surface area contributed by atoms with E-state index in [4.69, 9.17) is 20.9 Å². The van der Waals surface area contributed by atoms with Crippen LogP contribution in [0.1, 0.15) is 59.3 Å². The maximum atomic E-state index is 6.52. The topological polar surface area (TPSA) is 18.5 Å². The van der Waals surface area contributed by atoms with Crippen molar-refractivity contribution in [3.63, 3.8) is 0 Å². The Labute approximate surface area is 195 Å². The van der Waals surface area contributed by atoms with E-state index < -0.39 is 22.7 Å². The second-order valence-corrected chi connectivity index (χ2v) is 34.9. The molecular weight excluding hydrogens is 534 g/mol. The van der Waals surface area contributed by atoms with Crippen molar-refractivity contribution >= 4 is 43.1 Å². The van der Waals surface area contributed by atoms with Gasteiger partial charge in [-0.25, -0.2) is 0 Å². The zero-order valence-electron chi connectivity index (χ0n) is 18.7. The number of rotatable bonds is 15. The van der Waals surface area contributed by atoms with Crippen LogP contribution in [-0.2, 0) is 11.8 Å². The van der Waals surface area contributed by atoms with Crippen LogP contribution < -0.4 is 9.05 Å². The van der Waals surface area contributed by atoms with Crippen LogP contribution in [-0.4, -0.2) is 17.0 Å². The van der Waals surface area contributed by atoms with Crippen LogP contribution in [0.4, 0.5) is 0 Å². The van der Waals surface area contributed by atoms with Gasteiger partial charge in [0, 0.05) is 0 Å². The van der Waals surface area contributed by atoms with Crippen LogP contribution in [0.15, 0.2) is 60.7 Å². The van der Waals surface area contributed by atoms with E-state index in [1.165, 1.54) is 51.8 Å². The van der Waals surface area contributed by atoms with Crippen molar-refractivity contribution in [2.45, 2.75) is 72.6 Å². The second kappa shape index (κ2) is 14.1. The van der Waals surface area contributed by atoms with Crippen molar-refractivity contribution < 1.29 is 9.05 Å². The predicted octanol–water partition coefficient (Wildman–Crippen LogP) is 9.45. The molecule has 0 bridgehead atoms. The molecule has 0 saturated heterocycles. The molecule has 2 rings (SSSR count). The summed E-state index contributed by atoms with van der Waals surface area (Å²) in [7, 11) is 2.04. The molecule has 6 heteroatoms. The first-order valence-electron chi connectivity index (χ1n) is 11.3. The zero-order valence-corrected chi connectivity index (χ0v) is 24.1. The van der Waals surface area contributed by atoms with Crippen molar-refractivity contribution in [1.82, 2.24) is 0 Å². The van der Waals surface area contributed by atoms with Crippen molar-refractivity contribution in [3.8, 4) is 11.5 Å². The molecule has 166 valence electrons. The maximum absolute atomic E-state index is 6.52. The SMILES string of the molecule is CCC[CH2][Sn]([CH2]CCC)([CH2]CCC)[S]P(=S)(Oc1ccccc1)Oc1ccccc1. The molecule has 0 atom stereocenters. The molecule has 0 amide bonds. The molecule has 0 unspecified atom stereocenters. The second-order valence-electron chi connectivity index (χ2n) is 7.84. The average molecular weight is 571 g/mol. The molecule has 0 aliphatic carbocycles. The molecule has 0 fully saturated rings. The van der Waals surface area contributed by atoms with Gasteiger partial charge in [-0.05, 0) is 0 Å². The monoisotopic (exact) mass is 572 g/mol. The van der Waals surface area contributed by atoms with Crippen molar-refractivity contribution in [2.24, 2.45) is 0 Å². The molecule has 30 heavy (non-hydrogen) atoms. The van der Waals surface area contributed by atoms with Crippen LogP contribution in [0.25, 0.3) is 0 Å². The van der Waals surface area contributed by atoms with Crippen LogP contribution >= 0.6 is 14.3 Å². The van der Waals surface area contributed by atoms with Gasteiger partial charge in [-0.2, -0.15) is 0 Å². The van der Waals surface area contributed by atoms with E-state index in [0.717, 1.165) is 11.5 Å². The Morgan fingerprint density at radius 1 is 0.700 bits per heavy atom. The summed E-state index contributed by atoms with van der Waals surface area (Å²) in [4.78, 5) is 0. The quantitative estimate of drug-likeness (QED) is 0.157. The number of hydrogen-bond donors (Lipinski definition) is 0. The van der Waals surface area contributed by atoms with Crippen molar-refractivity contribution in [1.29, 1.82) is 0 Å². The fraction of sp³-hybridized carbons (Fsp3) is 0.500. The molecule has 2 aromatic rings. The van der Waals surface area contributed by atoms with Crippen molar-refractivity contribution in [3.05, 3.63) is 60.7 Å². The first-order chi connectivity index (χ1) is 14.5. The minimum atomic E-state index is -2.61. The molecule has 0 aromatic heterocycles. The first-order valence-corrected chi connectivity index (χ1v) is 25.0. The van der Waals surface area contributed by atoms with E-state index in [9.17, 15) is 0 Å². The van der Waals surface area contributed by atoms with E-state index in [-0.39, 0.29) is 0 Å². The molecule has 0 N–H and O–H groups in total. The minimum absolute atomic E-state index is 0.825. The van der Waals surface area contributed by atoms with Crippen LogP contribution in [0.3, 0.4) is 0 Å². The van der Waals surface area contributed by atoms with Gasteiger partial charge in [0.2, 0.25) is 0 Å². The van der Waals surface area contributed by atoms with E-state index in [0.29, 0.717) is 0 Å². The van der Waals surface area contributed by atoms with Gasteiger partial charge in [-0.1, -0.05) is 0 Å². The van der Waals surface area contributed by atoms with Gasteiger partial charge in [-0.3, -0.25) is 0 Å². The van der Waals surface area contributed by atoms with E-state index in [1.54, 1.807) is 0 Å². The summed E-state index contributed by atoms with van der Waals surface area (Å²) in [6.45, 7) is 6.91. The van der Waals surface area contributed by atoms with Gasteiger partial charge in [0.05, 0.1) is 0 Å². The Morgan fingerprint density at radius 3 is 1.40 bits per heavy atom. The van der Waals surface area contributed by atoms with Gasteiger partial charge in [0.25, 0.3) is 0 Å². The van der Waals surface area contributed by atoms with Crippen LogP contribution in [0, 0.1) is 0 Å². The predicted molar refractivity (Wildman–Crippen MR) is 141 cm³/mol. The Balaban J connectivity index is 2.37. The summed E-state index contributed by atoms with van der Waals surface area (Å²) in [6, 6.07) is 20.0. The molecule has 0 heterocycles. The molecule has 0 aliphatic rings. The standard InChI is InChI=1S/C12H11O2PS2.3C4H9.Sn/c16-15(17,13-11-7-3-1-4-8-11)14-12-9-5-2-6-10-12;3*1-3-4-2;/h1-10H,(H,16,17);3*1,3-4H2,2H3;/q;;;;+1/p-1. The summed E-state index contributed by atoms with van der Waals surface area (Å²) in [6.07, 6.45) is 7.67. The zero-order chi connectivity index (χ0) is 21.7. The summed E-state index contributed by atoms with van der Waals surface area (Å²) in [5.74, 6) is 1.65. The van der Waals surface area contributed by atoms with Crippen LogP contribution in [0.5, 0.6) is 11.5 Å². The molecule has 0 aliphatic heterocycles. The molecule has 0 saturated carbocycles. The Bertz CT molecular complexity index is 691. The summed E-state index contributed by atoms with van der Waals surface area (Å²) in [5, 5.41) is 0. The van der Waals surface area contributed by atoms with Gasteiger partial charge >= 0.3 is 197 Å². The molecule has 0 radical (unpaired) electrons. The summed E-state index contributed by atoms with van der Waals surface area (Å²) >= 11 is 3.64. The third-order valence-electron chi connectivity index (χ3n) is 5.18. The third kappa shape index (κ3) is 9.14. The van der Waals surface area contributed by atoms with Crippen LogP contribution in [0.2, 0.25) is 13.3 Å². The average Bonchev–Trinajstić information content (AvgIpc) is 2.76. The van der Waals surface area contributed by atoms with Crippen molar-refractivity contribution in [2.75, 3.05) is 0 Å². The van der Waals surface area contributed by atoms with E-state index >= 15 is 0 Å². The molecule has 2 nitrogen and oxygen atoms in total. The van der Waals surface area contributed by atoms with E-state index in [2.05, 4.69) is 20.8 Å². The molecular formula is C24H37O2PS2Sn. The summed E-state index contributed by atoms with van der Waals surface area (Å²) in [5.41, 5.74) is -2.56. The van der Waals surface area contributed by atoms with Gasteiger partial charge in [-0.15, -0.1) is 0 Å². The third-order valence-corrected chi connectivity index (χ3v) is 44.5. The normalized spacial score (nSPS) is 12.0. The molecule has 2 aromatic carbocycles. The summed E-state index contributed by atoms with van der Waals surface area (Å²) < 4.78 is 17.2. The van der Waals surface area contributed by atoms with E-state index in [1.807, 2.05) is 69.2 Å². The number of hydrogen-bond acceptors (Lipinski definition) is 4. The Kier molecular flexibility index (Phi) is 12.2. The Hall–Kier alpha value is -0.161. The first kappa shape index (κ1) is 26.1. The molecule has 0 spiro atoms. The van der Waals surface area contributed by atoms with Gasteiger partial charge < -0.3 is 0 Å². The number of para-hydroxylation sites is 2. The Morgan fingerprint density at radius 2 is 1.07 bits per heavy atom. The van der Waals surface area contributed by atoms with Gasteiger partial charge in [0.15, 0.2) is 0 Å². The fourth-order valence-corrected chi connectivity index (χ4v) is 52.9. The number of unbranched alkanes of at least 4 members (excludes halogenated alkanes) is 3. The van der Waals surface area contributed by atoms with Gasteiger partial charge in [0.1, 0.15) is 0 Å². The fourth-order valence-electron chi connectivity index (χ4n) is 3.52. The number of benzene rings is 2.